The smallest absolute Gasteiger partial charge is 0.0514 e. The summed E-state index contributed by atoms with van der Waals surface area (Å²) in [4.78, 5) is 3.72. The van der Waals surface area contributed by atoms with Crippen LogP contribution in [0.5, 0.6) is 0 Å². The van der Waals surface area contributed by atoms with E-state index in [0.717, 1.165) is 19.5 Å². The number of hydrogen-bond donors (Lipinski definition) is 1. The first kappa shape index (κ1) is 13.1. The fraction of sp³-hybridized carbons (Fsp3) is 0.917. The van der Waals surface area contributed by atoms with Crippen molar-refractivity contribution in [1.29, 1.82) is 0 Å². The van der Waals surface area contributed by atoms with E-state index >= 15 is 0 Å². The van der Waals surface area contributed by atoms with Gasteiger partial charge in [-0.3, -0.25) is 4.90 Å². The van der Waals surface area contributed by atoms with Crippen molar-refractivity contribution in [1.82, 2.24) is 10.2 Å². The third-order valence-corrected chi connectivity index (χ3v) is 3.50. The fourth-order valence-electron chi connectivity index (χ4n) is 2.28. The summed E-state index contributed by atoms with van der Waals surface area (Å²) in [6.45, 7) is 13.4. The maximum atomic E-state index is 5.38. The molecule has 2 nitrogen and oxygen atoms in total. The Morgan fingerprint density at radius 3 is 2.40 bits per heavy atom. The lowest BCUT2D eigenvalue weighted by Crippen LogP contribution is -2.52. The predicted molar refractivity (Wildman–Crippen MR) is 70.6 cm³/mol. The molecule has 0 aromatic heterocycles. The molecule has 0 aromatic rings. The Kier molecular flexibility index (Phi) is 4.27. The molecule has 1 N–H and O–H groups in total. The zero-order valence-electron chi connectivity index (χ0n) is 10.6. The van der Waals surface area contributed by atoms with Crippen LogP contribution in [0, 0.1) is 0 Å². The molecule has 1 unspecified atom stereocenters. The SMILES string of the molecule is CC(C)N(CC1NCCC1=S)C(C)(C)C. The van der Waals surface area contributed by atoms with Crippen LogP contribution < -0.4 is 5.32 Å². The van der Waals surface area contributed by atoms with Gasteiger partial charge in [0.2, 0.25) is 0 Å². The quantitative estimate of drug-likeness (QED) is 0.746. The van der Waals surface area contributed by atoms with Gasteiger partial charge >= 0.3 is 0 Å². The Bertz CT molecular complexity index is 230. The van der Waals surface area contributed by atoms with Crippen molar-refractivity contribution in [2.45, 2.75) is 58.7 Å². The molecule has 15 heavy (non-hydrogen) atoms. The molecular formula is C12H24N2S. The molecule has 0 saturated carbocycles. The van der Waals surface area contributed by atoms with E-state index in [1.807, 2.05) is 0 Å². The fourth-order valence-corrected chi connectivity index (χ4v) is 2.54. The molecule has 0 aromatic carbocycles. The molecule has 1 saturated heterocycles. The number of rotatable bonds is 3. The van der Waals surface area contributed by atoms with Crippen molar-refractivity contribution < 1.29 is 0 Å². The summed E-state index contributed by atoms with van der Waals surface area (Å²) >= 11 is 5.38. The Labute approximate surface area is 99.4 Å². The number of thiocarbonyl (C=S) groups is 1. The van der Waals surface area contributed by atoms with Crippen molar-refractivity contribution in [2.24, 2.45) is 0 Å². The maximum absolute atomic E-state index is 5.38. The molecule has 0 amide bonds. The first-order valence-electron chi connectivity index (χ1n) is 5.85. The largest absolute Gasteiger partial charge is 0.308 e. The van der Waals surface area contributed by atoms with E-state index in [2.05, 4.69) is 44.8 Å². The number of nitrogens with zero attached hydrogens (tertiary/aromatic N) is 1. The van der Waals surface area contributed by atoms with E-state index in [4.69, 9.17) is 12.2 Å². The second-order valence-corrected chi connectivity index (χ2v) is 6.16. The summed E-state index contributed by atoms with van der Waals surface area (Å²) in [5, 5.41) is 3.48. The van der Waals surface area contributed by atoms with Gasteiger partial charge in [-0.1, -0.05) is 12.2 Å². The number of nitrogens with one attached hydrogen (secondary N) is 1. The Morgan fingerprint density at radius 1 is 1.47 bits per heavy atom. The highest BCUT2D eigenvalue weighted by Crippen LogP contribution is 2.18. The van der Waals surface area contributed by atoms with Crippen LogP contribution in [0.25, 0.3) is 0 Å². The lowest BCUT2D eigenvalue weighted by molar-refractivity contribution is 0.0956. The van der Waals surface area contributed by atoms with Gasteiger partial charge in [0, 0.05) is 29.5 Å². The maximum Gasteiger partial charge on any atom is 0.0514 e. The summed E-state index contributed by atoms with van der Waals surface area (Å²) in [5.74, 6) is 0. The lowest BCUT2D eigenvalue weighted by atomic mass is 10.0. The second-order valence-electron chi connectivity index (χ2n) is 5.64. The van der Waals surface area contributed by atoms with Gasteiger partial charge in [-0.05, 0) is 41.0 Å². The summed E-state index contributed by atoms with van der Waals surface area (Å²) in [6, 6.07) is 0.983. The summed E-state index contributed by atoms with van der Waals surface area (Å²) in [7, 11) is 0. The van der Waals surface area contributed by atoms with Gasteiger partial charge in [-0.15, -0.1) is 0 Å². The van der Waals surface area contributed by atoms with Crippen LogP contribution in [-0.4, -0.2) is 40.5 Å². The summed E-state index contributed by atoms with van der Waals surface area (Å²) in [5.41, 5.74) is 0.216. The minimum atomic E-state index is 0.216. The van der Waals surface area contributed by atoms with Crippen LogP contribution in [0.1, 0.15) is 41.0 Å². The average Bonchev–Trinajstić information content (AvgIpc) is 2.44. The highest BCUT2D eigenvalue weighted by atomic mass is 32.1. The molecule has 1 heterocycles. The van der Waals surface area contributed by atoms with Crippen molar-refractivity contribution in [3.05, 3.63) is 0 Å². The zero-order valence-corrected chi connectivity index (χ0v) is 11.4. The third kappa shape index (κ3) is 3.51. The van der Waals surface area contributed by atoms with E-state index in [1.54, 1.807) is 0 Å². The number of hydrogen-bond acceptors (Lipinski definition) is 3. The second kappa shape index (κ2) is 4.89. The van der Waals surface area contributed by atoms with Crippen molar-refractivity contribution in [3.63, 3.8) is 0 Å². The molecule has 1 aliphatic heterocycles. The van der Waals surface area contributed by atoms with E-state index in [-0.39, 0.29) is 5.54 Å². The first-order valence-corrected chi connectivity index (χ1v) is 6.26. The summed E-state index contributed by atoms with van der Waals surface area (Å²) < 4.78 is 0. The molecule has 1 atom stereocenters. The molecule has 0 bridgehead atoms. The van der Waals surface area contributed by atoms with Crippen LogP contribution in [0.15, 0.2) is 0 Å². The molecular weight excluding hydrogens is 204 g/mol. The van der Waals surface area contributed by atoms with Crippen LogP contribution in [0.3, 0.4) is 0 Å². The van der Waals surface area contributed by atoms with Gasteiger partial charge in [-0.2, -0.15) is 0 Å². The average molecular weight is 228 g/mol. The normalized spacial score (nSPS) is 23.1. The van der Waals surface area contributed by atoms with Gasteiger partial charge in [0.05, 0.1) is 6.04 Å². The van der Waals surface area contributed by atoms with Gasteiger partial charge in [0.15, 0.2) is 0 Å². The standard InChI is InChI=1S/C12H24N2S/c1-9(2)14(12(3,4)5)8-10-11(15)6-7-13-10/h9-10,13H,6-8H2,1-5H3. The van der Waals surface area contributed by atoms with Gasteiger partial charge in [0.25, 0.3) is 0 Å². The Hall–Kier alpha value is 0.01000. The predicted octanol–water partition coefficient (Wildman–Crippen LogP) is 2.23. The lowest BCUT2D eigenvalue weighted by Gasteiger charge is -2.40. The molecule has 88 valence electrons. The molecule has 0 spiro atoms. The van der Waals surface area contributed by atoms with Crippen LogP contribution in [-0.2, 0) is 0 Å². The molecule has 1 fully saturated rings. The van der Waals surface area contributed by atoms with E-state index in [0.29, 0.717) is 12.1 Å². The van der Waals surface area contributed by atoms with Crippen LogP contribution >= 0.6 is 12.2 Å². The minimum Gasteiger partial charge on any atom is -0.308 e. The highest BCUT2D eigenvalue weighted by Gasteiger charge is 2.29. The minimum absolute atomic E-state index is 0.216. The van der Waals surface area contributed by atoms with Gasteiger partial charge < -0.3 is 5.32 Å². The van der Waals surface area contributed by atoms with Crippen LogP contribution in [0.2, 0.25) is 0 Å². The first-order chi connectivity index (χ1) is 6.82. The van der Waals surface area contributed by atoms with E-state index in [9.17, 15) is 0 Å². The molecule has 0 radical (unpaired) electrons. The van der Waals surface area contributed by atoms with Gasteiger partial charge in [-0.25, -0.2) is 0 Å². The zero-order chi connectivity index (χ0) is 11.6. The highest BCUT2D eigenvalue weighted by molar-refractivity contribution is 7.80. The topological polar surface area (TPSA) is 15.3 Å². The van der Waals surface area contributed by atoms with E-state index < -0.39 is 0 Å². The van der Waals surface area contributed by atoms with Gasteiger partial charge in [0.1, 0.15) is 0 Å². The van der Waals surface area contributed by atoms with Crippen molar-refractivity contribution in [2.75, 3.05) is 13.1 Å². The summed E-state index contributed by atoms with van der Waals surface area (Å²) in [6.07, 6.45) is 1.07. The van der Waals surface area contributed by atoms with Crippen molar-refractivity contribution >= 4 is 17.1 Å². The van der Waals surface area contributed by atoms with Crippen molar-refractivity contribution in [3.8, 4) is 0 Å². The monoisotopic (exact) mass is 228 g/mol. The molecule has 3 heteroatoms. The van der Waals surface area contributed by atoms with E-state index in [1.165, 1.54) is 4.86 Å². The molecule has 0 aliphatic carbocycles. The molecule has 1 aliphatic rings. The Balaban J connectivity index is 2.63. The Morgan fingerprint density at radius 2 is 2.07 bits per heavy atom. The third-order valence-electron chi connectivity index (χ3n) is 3.02. The molecule has 1 rings (SSSR count). The van der Waals surface area contributed by atoms with Crippen LogP contribution in [0.4, 0.5) is 0 Å².